The van der Waals surface area contributed by atoms with E-state index in [-0.39, 0.29) is 27.6 Å². The standard InChI is InChI=1S/C88H72N4O2/c1-54-42-43-55(2)88(48-22-9-23-49-88)72-35-17-21-39-78(72)91(73-36-18-14-26-59(54)73)80-41-25-34-67-66-33-24-40-79(90-74-37-19-15-31-64(74)62-29-12-10-27-60(62)61-28-11-13-30-63(61)65-32-16-20-38-75(65)90)82(66)89(83(67)80)58-52-70-81-71(53-58)85(94)69-51-57(87(6,7)8)45-47-77(69)92(81)76-46-44-56(86(3,4)5)50-68(76)84(70)93/h9-12,14-29,31-48,50-53,55H,1,13,30,49H2,2-8H3/b43-42-/t55?,88-/m1/s1. The van der Waals surface area contributed by atoms with Crippen LogP contribution < -0.4 is 15.8 Å². The van der Waals surface area contributed by atoms with Gasteiger partial charge >= 0.3 is 0 Å². The van der Waals surface area contributed by atoms with Gasteiger partial charge in [0.05, 0.1) is 61.4 Å². The number of aryl methyl sites for hydroxylation is 1. The first-order valence-corrected chi connectivity index (χ1v) is 33.2. The molecule has 0 fully saturated rings. The summed E-state index contributed by atoms with van der Waals surface area (Å²) in [5, 5.41) is 8.78. The lowest BCUT2D eigenvalue weighted by Gasteiger charge is -2.41. The first-order chi connectivity index (χ1) is 45.6. The summed E-state index contributed by atoms with van der Waals surface area (Å²) in [5.41, 5.74) is 17.2. The summed E-state index contributed by atoms with van der Waals surface area (Å²) >= 11 is 0. The van der Waals surface area contributed by atoms with E-state index in [2.05, 4.69) is 322 Å². The van der Waals surface area contributed by atoms with Crippen LogP contribution in [0.4, 0.5) is 17.1 Å². The van der Waals surface area contributed by atoms with E-state index in [1.165, 1.54) is 22.1 Å². The molecule has 2 aliphatic carbocycles. The second-order valence-corrected chi connectivity index (χ2v) is 28.4. The van der Waals surface area contributed by atoms with E-state index in [4.69, 9.17) is 6.58 Å². The minimum absolute atomic E-state index is 0.0797. The summed E-state index contributed by atoms with van der Waals surface area (Å²) in [5.74, 6) is 0.0797. The molecular weight excluding hydrogens is 1140 g/mol. The number of pyridine rings is 2. The Morgan fingerprint density at radius 1 is 0.457 bits per heavy atom. The fraction of sp³-hybridized carbons (Fsp3) is 0.159. The third-order valence-corrected chi connectivity index (χ3v) is 20.9. The zero-order valence-corrected chi connectivity index (χ0v) is 54.3. The predicted octanol–water partition coefficient (Wildman–Crippen LogP) is 22.0. The minimum Gasteiger partial charge on any atom is -0.308 e. The van der Waals surface area contributed by atoms with Crippen LogP contribution in [0, 0.1) is 5.92 Å². The van der Waals surface area contributed by atoms with Gasteiger partial charge in [-0.3, -0.25) is 9.59 Å². The van der Waals surface area contributed by atoms with E-state index in [0.29, 0.717) is 32.7 Å². The number of aromatic nitrogens is 3. The molecule has 4 aromatic heterocycles. The Bertz CT molecular complexity index is 5840. The number of fused-ring (bicyclic) bond motifs is 17. The average Bonchev–Trinajstić information content (AvgIpc) is 1.40. The molecule has 5 heterocycles. The molecule has 0 bridgehead atoms. The molecule has 6 heteroatoms. The summed E-state index contributed by atoms with van der Waals surface area (Å²) in [7, 11) is 0. The molecule has 1 unspecified atom stereocenters. The summed E-state index contributed by atoms with van der Waals surface area (Å²) in [6.07, 6.45) is 20.9. The molecule has 14 aromatic rings. The molecule has 1 spiro atoms. The van der Waals surface area contributed by atoms with Crippen molar-refractivity contribution in [2.45, 2.75) is 84.0 Å². The van der Waals surface area contributed by atoms with Gasteiger partial charge in [-0.15, -0.1) is 0 Å². The first kappa shape index (κ1) is 57.1. The van der Waals surface area contributed by atoms with Crippen molar-refractivity contribution >= 4 is 121 Å². The Morgan fingerprint density at radius 3 is 1.67 bits per heavy atom. The van der Waals surface area contributed by atoms with Gasteiger partial charge in [-0.1, -0.05) is 237 Å². The van der Waals surface area contributed by atoms with Gasteiger partial charge in [0.1, 0.15) is 0 Å². The van der Waals surface area contributed by atoms with E-state index in [0.717, 1.165) is 124 Å². The van der Waals surface area contributed by atoms with Gasteiger partial charge in [0, 0.05) is 59.8 Å². The van der Waals surface area contributed by atoms with Gasteiger partial charge in [-0.25, -0.2) is 0 Å². The summed E-state index contributed by atoms with van der Waals surface area (Å²) < 4.78 is 7.12. The molecule has 0 saturated carbocycles. The van der Waals surface area contributed by atoms with E-state index in [1.807, 2.05) is 0 Å². The molecule has 6 nitrogen and oxygen atoms in total. The number of allylic oxidation sites excluding steroid dienone is 8. The van der Waals surface area contributed by atoms with Crippen molar-refractivity contribution in [2.24, 2.45) is 5.92 Å². The Labute approximate surface area is 546 Å². The lowest BCUT2D eigenvalue weighted by Crippen LogP contribution is -2.33. The Balaban J connectivity index is 1.12. The fourth-order valence-corrected chi connectivity index (χ4v) is 16.1. The molecule has 0 radical (unpaired) electrons. The highest BCUT2D eigenvalue weighted by Gasteiger charge is 2.39. The molecule has 0 saturated heterocycles. The normalized spacial score (nSPS) is 16.9. The van der Waals surface area contributed by atoms with Crippen molar-refractivity contribution < 1.29 is 0 Å². The maximum Gasteiger partial charge on any atom is 0.197 e. The third kappa shape index (κ3) is 8.47. The van der Waals surface area contributed by atoms with Crippen LogP contribution in [0.1, 0.15) is 94.7 Å². The van der Waals surface area contributed by atoms with Gasteiger partial charge in [-0.05, 0) is 153 Å². The monoisotopic (exact) mass is 1220 g/mol. The van der Waals surface area contributed by atoms with Crippen molar-refractivity contribution in [3.05, 3.63) is 309 Å². The second kappa shape index (κ2) is 21.1. The number of para-hydroxylation sites is 6. The number of hydrogen-bond acceptors (Lipinski definition) is 3. The molecular formula is C88H72N4O2. The topological polar surface area (TPSA) is 51.6 Å². The highest BCUT2D eigenvalue weighted by molar-refractivity contribution is 6.19. The summed E-state index contributed by atoms with van der Waals surface area (Å²) in [6.45, 7) is 20.3. The number of anilines is 3. The molecule has 0 N–H and O–H groups in total. The van der Waals surface area contributed by atoms with Gasteiger partial charge in [-0.2, -0.15) is 0 Å². The van der Waals surface area contributed by atoms with Crippen molar-refractivity contribution in [3.8, 4) is 11.4 Å². The average molecular weight is 1220 g/mol. The van der Waals surface area contributed by atoms with Gasteiger partial charge in [0.15, 0.2) is 10.9 Å². The Morgan fingerprint density at radius 2 is 1.01 bits per heavy atom. The van der Waals surface area contributed by atoms with Crippen LogP contribution in [0.15, 0.2) is 265 Å². The van der Waals surface area contributed by atoms with Crippen molar-refractivity contribution in [3.63, 3.8) is 0 Å². The van der Waals surface area contributed by atoms with Crippen LogP contribution in [0.5, 0.6) is 0 Å². The van der Waals surface area contributed by atoms with Crippen molar-refractivity contribution in [1.29, 1.82) is 0 Å². The van der Waals surface area contributed by atoms with E-state index in [1.54, 1.807) is 0 Å². The van der Waals surface area contributed by atoms with Crippen molar-refractivity contribution in [1.82, 2.24) is 13.5 Å². The van der Waals surface area contributed by atoms with Crippen LogP contribution in [0.3, 0.4) is 0 Å². The summed E-state index contributed by atoms with van der Waals surface area (Å²) in [6, 6.07) is 74.7. The van der Waals surface area contributed by atoms with Gasteiger partial charge in [0.25, 0.3) is 0 Å². The number of nitrogens with zero attached hydrogens (tertiary/aromatic N) is 4. The molecule has 17 rings (SSSR count). The van der Waals surface area contributed by atoms with E-state index < -0.39 is 5.41 Å². The largest absolute Gasteiger partial charge is 0.308 e. The highest BCUT2D eigenvalue weighted by Crippen LogP contribution is 2.53. The molecule has 456 valence electrons. The molecule has 1 aliphatic heterocycles. The second-order valence-electron chi connectivity index (χ2n) is 28.4. The number of benzene rings is 10. The molecule has 10 aromatic carbocycles. The van der Waals surface area contributed by atoms with Gasteiger partial charge in [0.2, 0.25) is 0 Å². The van der Waals surface area contributed by atoms with Crippen LogP contribution in [0.25, 0.3) is 116 Å². The van der Waals surface area contributed by atoms with Crippen LogP contribution in [-0.4, -0.2) is 13.5 Å². The predicted molar refractivity (Wildman–Crippen MR) is 399 cm³/mol. The smallest absolute Gasteiger partial charge is 0.197 e. The first-order valence-electron chi connectivity index (χ1n) is 33.2. The van der Waals surface area contributed by atoms with Crippen molar-refractivity contribution in [2.75, 3.05) is 4.90 Å². The molecule has 0 amide bonds. The summed E-state index contributed by atoms with van der Waals surface area (Å²) in [4.78, 5) is 35.1. The number of rotatable bonds is 3. The van der Waals surface area contributed by atoms with Gasteiger partial charge < -0.3 is 18.4 Å². The molecule has 3 aliphatic rings. The zero-order chi connectivity index (χ0) is 64.1. The maximum atomic E-state index is 16.3. The molecule has 2 atom stereocenters. The van der Waals surface area contributed by atoms with E-state index in [9.17, 15) is 0 Å². The van der Waals surface area contributed by atoms with Crippen LogP contribution in [0.2, 0.25) is 0 Å². The Kier molecular flexibility index (Phi) is 12.8. The third-order valence-electron chi connectivity index (χ3n) is 20.9. The van der Waals surface area contributed by atoms with Crippen LogP contribution >= 0.6 is 0 Å². The molecule has 94 heavy (non-hydrogen) atoms. The van der Waals surface area contributed by atoms with E-state index >= 15 is 9.59 Å². The lowest BCUT2D eigenvalue weighted by atomic mass is 9.66. The maximum absolute atomic E-state index is 16.3. The van der Waals surface area contributed by atoms with Crippen LogP contribution in [-0.2, 0) is 22.7 Å². The number of hydrogen-bond donors (Lipinski definition) is 0. The highest BCUT2D eigenvalue weighted by atomic mass is 16.1. The Hall–Kier alpha value is -10.8. The SMILES string of the molecule is C=C1/C=C\C(C)[C@]2(C=CC=CC2)c2ccccc2N(c2cccc3c4cccc(-n5c6ccccc6c6c(c7ccccc7c7ccccc75)C=CCC6)c4n(-c4cc5c(=O)c6cc(C(C)(C)C)ccc6n6c7ccc(C(C)(C)C)cc7c(=O)c(c4)c56)c23)c2ccccc21. The fourth-order valence-electron chi connectivity index (χ4n) is 16.1. The minimum atomic E-state index is -0.423. The lowest BCUT2D eigenvalue weighted by molar-refractivity contribution is 0.423. The zero-order valence-electron chi connectivity index (χ0n) is 54.3. The quantitative estimate of drug-likeness (QED) is 0.131.